The van der Waals surface area contributed by atoms with E-state index in [1.165, 1.54) is 6.21 Å². The molecule has 0 radical (unpaired) electrons. The summed E-state index contributed by atoms with van der Waals surface area (Å²) in [4.78, 5) is 11.9. The fourth-order valence-electron chi connectivity index (χ4n) is 1.74. The quantitative estimate of drug-likeness (QED) is 0.672. The van der Waals surface area contributed by atoms with Crippen LogP contribution in [0.2, 0.25) is 0 Å². The molecule has 1 amide bonds. The van der Waals surface area contributed by atoms with Crippen LogP contribution in [0.3, 0.4) is 0 Å². The van der Waals surface area contributed by atoms with E-state index in [1.807, 2.05) is 36.4 Å². The van der Waals surface area contributed by atoms with Crippen LogP contribution in [0.25, 0.3) is 6.08 Å². The Morgan fingerprint density at radius 3 is 2.64 bits per heavy atom. The molecule has 0 aliphatic heterocycles. The number of carbonyl (C=O) groups excluding carboxylic acids is 1. The van der Waals surface area contributed by atoms with Gasteiger partial charge in [-0.05, 0) is 17.7 Å². The lowest BCUT2D eigenvalue weighted by Crippen LogP contribution is -2.17. The summed E-state index contributed by atoms with van der Waals surface area (Å²) in [6.45, 7) is 6.15. The Hall–Kier alpha value is -2.69. The highest BCUT2D eigenvalue weighted by atomic mass is 16.2. The molecule has 0 aliphatic rings. The Kier molecular flexibility index (Phi) is 4.88. The van der Waals surface area contributed by atoms with E-state index in [9.17, 15) is 4.79 Å². The third kappa shape index (κ3) is 4.41. The Labute approximate surface area is 130 Å². The van der Waals surface area contributed by atoms with Crippen LogP contribution in [0.1, 0.15) is 42.5 Å². The number of amides is 1. The van der Waals surface area contributed by atoms with Crippen molar-refractivity contribution in [1.82, 2.24) is 15.6 Å². The molecular weight excluding hydrogens is 276 g/mol. The molecule has 0 bridgehead atoms. The fourth-order valence-corrected chi connectivity index (χ4v) is 1.74. The summed E-state index contributed by atoms with van der Waals surface area (Å²) in [7, 11) is 0. The summed E-state index contributed by atoms with van der Waals surface area (Å²) in [6, 6.07) is 11.6. The third-order valence-corrected chi connectivity index (χ3v) is 3.03. The number of hydrogen-bond donors (Lipinski definition) is 2. The van der Waals surface area contributed by atoms with Gasteiger partial charge in [-0.15, -0.1) is 0 Å². The summed E-state index contributed by atoms with van der Waals surface area (Å²) in [6.07, 6.45) is 5.20. The first-order valence-electron chi connectivity index (χ1n) is 7.08. The van der Waals surface area contributed by atoms with E-state index in [4.69, 9.17) is 0 Å². The molecule has 2 N–H and O–H groups in total. The van der Waals surface area contributed by atoms with Gasteiger partial charge in [0, 0.05) is 17.3 Å². The number of nitrogens with one attached hydrogen (secondary N) is 2. The number of H-pyrrole nitrogens is 1. The van der Waals surface area contributed by atoms with Crippen LogP contribution in [0, 0.1) is 0 Å². The normalized spacial score (nSPS) is 12.1. The first kappa shape index (κ1) is 15.7. The Balaban J connectivity index is 1.89. The summed E-state index contributed by atoms with van der Waals surface area (Å²) >= 11 is 0. The molecule has 5 heteroatoms. The van der Waals surface area contributed by atoms with Crippen molar-refractivity contribution in [3.8, 4) is 0 Å². The monoisotopic (exact) mass is 296 g/mol. The maximum absolute atomic E-state index is 11.9. The van der Waals surface area contributed by atoms with Crippen LogP contribution in [0.15, 0.2) is 47.6 Å². The minimum absolute atomic E-state index is 0.0762. The van der Waals surface area contributed by atoms with E-state index < -0.39 is 0 Å². The molecule has 0 aliphatic carbocycles. The Morgan fingerprint density at radius 2 is 2.00 bits per heavy atom. The SMILES string of the molecule is CC(C)(C)c1cc(C(=O)N/N=C\C=C\c2ccccc2)n[nH]1. The molecule has 22 heavy (non-hydrogen) atoms. The molecule has 0 spiro atoms. The van der Waals surface area contributed by atoms with Crippen LogP contribution in [-0.2, 0) is 5.41 Å². The molecule has 0 fully saturated rings. The van der Waals surface area contributed by atoms with Gasteiger partial charge in [0.2, 0.25) is 0 Å². The number of benzene rings is 1. The van der Waals surface area contributed by atoms with Crippen molar-refractivity contribution in [2.24, 2.45) is 5.10 Å². The van der Waals surface area contributed by atoms with Crippen molar-refractivity contribution >= 4 is 18.2 Å². The van der Waals surface area contributed by atoms with E-state index in [0.717, 1.165) is 11.3 Å². The first-order valence-corrected chi connectivity index (χ1v) is 7.08. The van der Waals surface area contributed by atoms with Crippen molar-refractivity contribution in [3.05, 3.63) is 59.4 Å². The molecule has 2 rings (SSSR count). The van der Waals surface area contributed by atoms with Crippen LogP contribution in [0.4, 0.5) is 0 Å². The minimum atomic E-state index is -0.337. The summed E-state index contributed by atoms with van der Waals surface area (Å²) in [5.41, 5.74) is 4.68. The summed E-state index contributed by atoms with van der Waals surface area (Å²) in [5.74, 6) is -0.337. The standard InChI is InChI=1S/C17H20N4O/c1-17(2,3)15-12-14(19-20-15)16(22)21-18-11-7-10-13-8-5-4-6-9-13/h4-12H,1-3H3,(H,19,20)(H,21,22)/b10-7+,18-11-. The largest absolute Gasteiger partial charge is 0.291 e. The topological polar surface area (TPSA) is 70.1 Å². The van der Waals surface area contributed by atoms with Crippen molar-refractivity contribution in [2.45, 2.75) is 26.2 Å². The highest BCUT2D eigenvalue weighted by Crippen LogP contribution is 2.20. The number of hydrazone groups is 1. The zero-order valence-electron chi connectivity index (χ0n) is 13.0. The average molecular weight is 296 g/mol. The van der Waals surface area contributed by atoms with Crippen LogP contribution >= 0.6 is 0 Å². The molecule has 1 aromatic carbocycles. The maximum Gasteiger partial charge on any atom is 0.291 e. The molecule has 0 atom stereocenters. The molecule has 114 valence electrons. The van der Waals surface area contributed by atoms with Crippen LogP contribution in [0.5, 0.6) is 0 Å². The van der Waals surface area contributed by atoms with Gasteiger partial charge in [-0.2, -0.15) is 10.2 Å². The zero-order chi connectivity index (χ0) is 16.0. The van der Waals surface area contributed by atoms with E-state index in [2.05, 4.69) is 41.5 Å². The second-order valence-corrected chi connectivity index (χ2v) is 5.91. The van der Waals surface area contributed by atoms with Crippen molar-refractivity contribution < 1.29 is 4.79 Å². The third-order valence-electron chi connectivity index (χ3n) is 3.03. The van der Waals surface area contributed by atoms with Gasteiger partial charge in [0.25, 0.3) is 5.91 Å². The molecule has 1 heterocycles. The number of rotatable bonds is 4. The predicted molar refractivity (Wildman–Crippen MR) is 88.7 cm³/mol. The van der Waals surface area contributed by atoms with Crippen molar-refractivity contribution in [1.29, 1.82) is 0 Å². The van der Waals surface area contributed by atoms with Crippen molar-refractivity contribution in [2.75, 3.05) is 0 Å². The Bertz CT molecular complexity index is 678. The van der Waals surface area contributed by atoms with Gasteiger partial charge in [-0.1, -0.05) is 57.2 Å². The predicted octanol–water partition coefficient (Wildman–Crippen LogP) is 3.14. The molecule has 2 aromatic rings. The first-order chi connectivity index (χ1) is 10.5. The number of allylic oxidation sites excluding steroid dienone is 1. The Morgan fingerprint density at radius 1 is 1.27 bits per heavy atom. The molecule has 1 aromatic heterocycles. The number of aromatic amines is 1. The molecule has 0 unspecified atom stereocenters. The highest BCUT2D eigenvalue weighted by Gasteiger charge is 2.18. The van der Waals surface area contributed by atoms with Gasteiger partial charge in [0.05, 0.1) is 0 Å². The zero-order valence-corrected chi connectivity index (χ0v) is 13.0. The summed E-state index contributed by atoms with van der Waals surface area (Å²) in [5, 5.41) is 10.7. The molecule has 0 saturated carbocycles. The van der Waals surface area contributed by atoms with Gasteiger partial charge in [-0.25, -0.2) is 5.43 Å². The maximum atomic E-state index is 11.9. The van der Waals surface area contributed by atoms with E-state index in [-0.39, 0.29) is 11.3 Å². The number of hydrogen-bond acceptors (Lipinski definition) is 3. The van der Waals surface area contributed by atoms with E-state index >= 15 is 0 Å². The highest BCUT2D eigenvalue weighted by molar-refractivity contribution is 5.93. The lowest BCUT2D eigenvalue weighted by Gasteiger charge is -2.14. The molecule has 5 nitrogen and oxygen atoms in total. The fraction of sp³-hybridized carbons (Fsp3) is 0.235. The van der Waals surface area contributed by atoms with Gasteiger partial charge < -0.3 is 0 Å². The number of aromatic nitrogens is 2. The van der Waals surface area contributed by atoms with Crippen LogP contribution in [-0.4, -0.2) is 22.3 Å². The smallest absolute Gasteiger partial charge is 0.281 e. The number of carbonyl (C=O) groups is 1. The second kappa shape index (κ2) is 6.85. The number of nitrogens with zero attached hydrogens (tertiary/aromatic N) is 2. The summed E-state index contributed by atoms with van der Waals surface area (Å²) < 4.78 is 0. The van der Waals surface area contributed by atoms with E-state index in [1.54, 1.807) is 12.1 Å². The second-order valence-electron chi connectivity index (χ2n) is 5.91. The van der Waals surface area contributed by atoms with Gasteiger partial charge in [0.15, 0.2) is 5.69 Å². The van der Waals surface area contributed by atoms with Gasteiger partial charge >= 0.3 is 0 Å². The van der Waals surface area contributed by atoms with Gasteiger partial charge in [-0.3, -0.25) is 9.89 Å². The van der Waals surface area contributed by atoms with Crippen molar-refractivity contribution in [3.63, 3.8) is 0 Å². The van der Waals surface area contributed by atoms with E-state index in [0.29, 0.717) is 5.69 Å². The van der Waals surface area contributed by atoms with Gasteiger partial charge in [0.1, 0.15) is 0 Å². The van der Waals surface area contributed by atoms with Crippen LogP contribution < -0.4 is 5.43 Å². The molecular formula is C17H20N4O. The average Bonchev–Trinajstić information content (AvgIpc) is 2.98. The lowest BCUT2D eigenvalue weighted by atomic mass is 9.92. The molecule has 0 saturated heterocycles. The minimum Gasteiger partial charge on any atom is -0.281 e. The lowest BCUT2D eigenvalue weighted by molar-refractivity contribution is 0.0950.